The van der Waals surface area contributed by atoms with E-state index in [4.69, 9.17) is 20.6 Å². The SMILES string of the molecule is CCOC(=O)CCc1c(Oc2ccc(F)c(C(=N)N)c2)c(F)cc2[nH]ccc12. The molecule has 3 aromatic rings. The molecule has 8 heteroatoms. The van der Waals surface area contributed by atoms with Crippen LogP contribution in [0, 0.1) is 17.0 Å². The fourth-order valence-corrected chi connectivity index (χ4v) is 2.93. The Hall–Kier alpha value is -3.42. The van der Waals surface area contributed by atoms with Crippen molar-refractivity contribution in [2.45, 2.75) is 19.8 Å². The summed E-state index contributed by atoms with van der Waals surface area (Å²) in [6.45, 7) is 1.97. The van der Waals surface area contributed by atoms with Gasteiger partial charge < -0.3 is 20.2 Å². The van der Waals surface area contributed by atoms with E-state index in [9.17, 15) is 13.6 Å². The van der Waals surface area contributed by atoms with Crippen molar-refractivity contribution in [3.05, 3.63) is 59.3 Å². The minimum atomic E-state index is -0.677. The number of hydrogen-bond donors (Lipinski definition) is 3. The van der Waals surface area contributed by atoms with E-state index in [-0.39, 0.29) is 36.5 Å². The largest absolute Gasteiger partial charge is 0.466 e. The molecule has 0 bridgehead atoms. The van der Waals surface area contributed by atoms with Crippen molar-refractivity contribution in [1.82, 2.24) is 4.98 Å². The number of nitrogens with one attached hydrogen (secondary N) is 2. The van der Waals surface area contributed by atoms with Gasteiger partial charge in [0.15, 0.2) is 11.6 Å². The summed E-state index contributed by atoms with van der Waals surface area (Å²) in [5.41, 5.74) is 6.27. The number of halogens is 2. The Morgan fingerprint density at radius 1 is 1.21 bits per heavy atom. The summed E-state index contributed by atoms with van der Waals surface area (Å²) in [6.07, 6.45) is 1.91. The van der Waals surface area contributed by atoms with Crippen molar-refractivity contribution in [2.75, 3.05) is 6.61 Å². The molecule has 0 unspecified atom stereocenters. The van der Waals surface area contributed by atoms with E-state index in [0.29, 0.717) is 16.5 Å². The predicted octanol–water partition coefficient (Wildman–Crippen LogP) is 4.02. The monoisotopic (exact) mass is 387 g/mol. The highest BCUT2D eigenvalue weighted by Crippen LogP contribution is 2.35. The highest BCUT2D eigenvalue weighted by Gasteiger charge is 2.19. The zero-order valence-electron chi connectivity index (χ0n) is 15.1. The van der Waals surface area contributed by atoms with Gasteiger partial charge in [-0.1, -0.05) is 0 Å². The summed E-state index contributed by atoms with van der Waals surface area (Å²) in [5.74, 6) is -2.13. The molecule has 0 spiro atoms. The summed E-state index contributed by atoms with van der Waals surface area (Å²) in [7, 11) is 0. The number of amidine groups is 1. The summed E-state index contributed by atoms with van der Waals surface area (Å²) in [4.78, 5) is 14.7. The van der Waals surface area contributed by atoms with Gasteiger partial charge in [0.25, 0.3) is 0 Å². The summed E-state index contributed by atoms with van der Waals surface area (Å²) >= 11 is 0. The van der Waals surface area contributed by atoms with Gasteiger partial charge in [-0.25, -0.2) is 8.78 Å². The molecule has 1 heterocycles. The number of benzene rings is 2. The molecule has 0 aliphatic rings. The summed E-state index contributed by atoms with van der Waals surface area (Å²) in [6, 6.07) is 6.68. The lowest BCUT2D eigenvalue weighted by Gasteiger charge is -2.14. The number of hydrogen-bond acceptors (Lipinski definition) is 4. The van der Waals surface area contributed by atoms with Gasteiger partial charge in [0.05, 0.1) is 12.2 Å². The maximum absolute atomic E-state index is 14.8. The molecule has 0 radical (unpaired) electrons. The maximum Gasteiger partial charge on any atom is 0.306 e. The number of fused-ring (bicyclic) bond motifs is 1. The molecule has 4 N–H and O–H groups in total. The Morgan fingerprint density at radius 3 is 2.71 bits per heavy atom. The summed E-state index contributed by atoms with van der Waals surface area (Å²) in [5, 5.41) is 8.13. The third kappa shape index (κ3) is 3.95. The third-order valence-electron chi connectivity index (χ3n) is 4.20. The van der Waals surface area contributed by atoms with Crippen LogP contribution in [0.3, 0.4) is 0 Å². The number of aromatic amines is 1. The second-order valence-corrected chi connectivity index (χ2v) is 6.07. The van der Waals surface area contributed by atoms with Crippen molar-refractivity contribution < 1.29 is 23.0 Å². The van der Waals surface area contributed by atoms with Gasteiger partial charge in [-0.15, -0.1) is 0 Å². The second kappa shape index (κ2) is 8.08. The van der Waals surface area contributed by atoms with E-state index in [2.05, 4.69) is 4.98 Å². The van der Waals surface area contributed by atoms with E-state index in [0.717, 1.165) is 6.07 Å². The second-order valence-electron chi connectivity index (χ2n) is 6.07. The molecule has 0 saturated heterocycles. The first-order chi connectivity index (χ1) is 13.4. The lowest BCUT2D eigenvalue weighted by molar-refractivity contribution is -0.143. The molecular weight excluding hydrogens is 368 g/mol. The molecule has 28 heavy (non-hydrogen) atoms. The zero-order chi connectivity index (χ0) is 20.3. The average Bonchev–Trinajstić information content (AvgIpc) is 3.10. The number of nitrogen functional groups attached to an aromatic ring is 1. The molecule has 146 valence electrons. The Balaban J connectivity index is 2.01. The first-order valence-corrected chi connectivity index (χ1v) is 8.66. The first-order valence-electron chi connectivity index (χ1n) is 8.66. The molecule has 0 atom stereocenters. The van der Waals surface area contributed by atoms with Crippen molar-refractivity contribution in [3.63, 3.8) is 0 Å². The van der Waals surface area contributed by atoms with Gasteiger partial charge in [0, 0.05) is 35.2 Å². The van der Waals surface area contributed by atoms with Crippen molar-refractivity contribution in [1.29, 1.82) is 5.41 Å². The Labute approximate surface area is 159 Å². The van der Waals surface area contributed by atoms with Crippen LogP contribution in [0.1, 0.15) is 24.5 Å². The van der Waals surface area contributed by atoms with Crippen molar-refractivity contribution >= 4 is 22.7 Å². The molecule has 0 amide bonds. The van der Waals surface area contributed by atoms with Gasteiger partial charge in [-0.2, -0.15) is 0 Å². The van der Waals surface area contributed by atoms with Gasteiger partial charge >= 0.3 is 5.97 Å². The Kier molecular flexibility index (Phi) is 5.58. The van der Waals surface area contributed by atoms with Crippen LogP contribution in [0.5, 0.6) is 11.5 Å². The standard InChI is InChI=1S/C20H19F2N3O3/c1-2-27-18(26)6-4-13-12-7-8-25-17(12)10-16(22)19(13)28-11-3-5-15(21)14(9-11)20(23)24/h3,5,7-10,25H,2,4,6H2,1H3,(H3,23,24). The van der Waals surface area contributed by atoms with Crippen LogP contribution in [0.4, 0.5) is 8.78 Å². The highest BCUT2D eigenvalue weighted by molar-refractivity contribution is 5.95. The summed E-state index contributed by atoms with van der Waals surface area (Å²) < 4.78 is 39.1. The number of H-pyrrole nitrogens is 1. The molecule has 6 nitrogen and oxygen atoms in total. The van der Waals surface area contributed by atoms with E-state index < -0.39 is 23.4 Å². The van der Waals surface area contributed by atoms with Crippen LogP contribution in [0.25, 0.3) is 10.9 Å². The van der Waals surface area contributed by atoms with Gasteiger partial charge in [0.1, 0.15) is 17.4 Å². The molecule has 0 fully saturated rings. The third-order valence-corrected chi connectivity index (χ3v) is 4.20. The van der Waals surface area contributed by atoms with E-state index in [1.807, 2.05) is 0 Å². The Morgan fingerprint density at radius 2 is 2.00 bits per heavy atom. The average molecular weight is 387 g/mol. The van der Waals surface area contributed by atoms with Gasteiger partial charge in [-0.3, -0.25) is 10.2 Å². The Bertz CT molecular complexity index is 1050. The van der Waals surface area contributed by atoms with Crippen LogP contribution in [0.15, 0.2) is 36.5 Å². The smallest absolute Gasteiger partial charge is 0.306 e. The van der Waals surface area contributed by atoms with E-state index in [1.165, 1.54) is 18.2 Å². The van der Waals surface area contributed by atoms with Crippen molar-refractivity contribution in [3.8, 4) is 11.5 Å². The number of aromatic nitrogens is 1. The number of carbonyl (C=O) groups is 1. The van der Waals surface area contributed by atoms with E-state index in [1.54, 1.807) is 19.2 Å². The lowest BCUT2D eigenvalue weighted by Crippen LogP contribution is -2.13. The van der Waals surface area contributed by atoms with Crippen LogP contribution in [0.2, 0.25) is 0 Å². The van der Waals surface area contributed by atoms with E-state index >= 15 is 0 Å². The number of aryl methyl sites for hydroxylation is 1. The first kappa shape index (κ1) is 19.3. The van der Waals surface area contributed by atoms with Crippen LogP contribution in [-0.2, 0) is 16.0 Å². The van der Waals surface area contributed by atoms with Crippen LogP contribution < -0.4 is 10.5 Å². The fraction of sp³-hybridized carbons (Fsp3) is 0.200. The maximum atomic E-state index is 14.8. The molecule has 3 rings (SSSR count). The zero-order valence-corrected chi connectivity index (χ0v) is 15.1. The van der Waals surface area contributed by atoms with Crippen LogP contribution in [-0.4, -0.2) is 23.4 Å². The molecule has 0 saturated carbocycles. The van der Waals surface area contributed by atoms with Crippen LogP contribution >= 0.6 is 0 Å². The minimum Gasteiger partial charge on any atom is -0.466 e. The number of carbonyl (C=O) groups excluding carboxylic acids is 1. The number of esters is 1. The molecule has 1 aromatic heterocycles. The fourth-order valence-electron chi connectivity index (χ4n) is 2.93. The highest BCUT2D eigenvalue weighted by atomic mass is 19.1. The van der Waals surface area contributed by atoms with Crippen molar-refractivity contribution in [2.24, 2.45) is 5.73 Å². The molecule has 0 aliphatic carbocycles. The molecule has 0 aliphatic heterocycles. The normalized spacial score (nSPS) is 10.8. The van der Waals surface area contributed by atoms with Gasteiger partial charge in [0.2, 0.25) is 0 Å². The number of ether oxygens (including phenoxy) is 2. The van der Waals surface area contributed by atoms with Gasteiger partial charge in [-0.05, 0) is 37.6 Å². The predicted molar refractivity (Wildman–Crippen MR) is 101 cm³/mol. The number of rotatable bonds is 7. The molecular formula is C20H19F2N3O3. The topological polar surface area (TPSA) is 101 Å². The molecule has 2 aromatic carbocycles. The minimum absolute atomic E-state index is 0.0516. The number of nitrogens with two attached hydrogens (primary N) is 1. The quantitative estimate of drug-likeness (QED) is 0.324. The lowest BCUT2D eigenvalue weighted by atomic mass is 10.0.